The molecule has 8 nitrogen and oxygen atoms in total. The van der Waals surface area contributed by atoms with Gasteiger partial charge in [0.2, 0.25) is 0 Å². The summed E-state index contributed by atoms with van der Waals surface area (Å²) in [6, 6.07) is 0. The number of hydrogen-bond acceptors (Lipinski definition) is 3. The molecule has 0 spiro atoms. The van der Waals surface area contributed by atoms with E-state index in [-0.39, 0.29) is 138 Å². The summed E-state index contributed by atoms with van der Waals surface area (Å²) in [5.74, 6) is 0. The molecular weight excluding hydrogens is 349 g/mol. The Morgan fingerprint density at radius 1 is 1.00 bits per heavy atom. The van der Waals surface area contributed by atoms with Gasteiger partial charge in [-0.3, -0.25) is 9.11 Å². The maximum atomic E-state index is 8.74. The van der Waals surface area contributed by atoms with E-state index in [1.165, 1.54) is 0 Å². The van der Waals surface area contributed by atoms with Crippen molar-refractivity contribution in [2.75, 3.05) is 0 Å². The summed E-state index contributed by atoms with van der Waals surface area (Å²) < 4.78 is 31.6. The van der Waals surface area contributed by atoms with E-state index < -0.39 is 16.6 Å². The van der Waals surface area contributed by atoms with Crippen molar-refractivity contribution in [1.29, 1.82) is 0 Å². The first-order chi connectivity index (χ1) is 3.73. The van der Waals surface area contributed by atoms with E-state index in [9.17, 15) is 0 Å². The summed E-state index contributed by atoms with van der Waals surface area (Å²) >= 11 is 0. The fourth-order valence-electron chi connectivity index (χ4n) is 0. The predicted octanol–water partition coefficient (Wildman–Crippen LogP) is -2.13. The third-order valence-electron chi connectivity index (χ3n) is 0. The molecule has 0 bridgehead atoms. The van der Waals surface area contributed by atoms with E-state index in [1.807, 2.05) is 0 Å². The standard InChI is InChI=1S/CH2O3.ClH.Cu.2K.H2O4S.H2O.2H/c2-1(3)4;;;;;1-5(2,3)4;;;/h(H2,2,3,4);1H;;;;(H2,1,2,3,4);1H2;;. The van der Waals surface area contributed by atoms with Crippen LogP contribution in [0.15, 0.2) is 0 Å². The second kappa shape index (κ2) is 25.1. The van der Waals surface area contributed by atoms with Gasteiger partial charge in [-0.1, -0.05) is 0 Å². The van der Waals surface area contributed by atoms with Crippen molar-refractivity contribution in [3.63, 3.8) is 0 Å². The van der Waals surface area contributed by atoms with Crippen LogP contribution in [0.5, 0.6) is 0 Å². The topological polar surface area (TPSA) is 164 Å². The molecule has 0 fully saturated rings. The summed E-state index contributed by atoms with van der Waals surface area (Å²) in [6.45, 7) is 0. The number of halogens is 1. The van der Waals surface area contributed by atoms with E-state index in [2.05, 4.69) is 0 Å². The molecule has 0 aliphatic heterocycles. The van der Waals surface area contributed by atoms with Crippen molar-refractivity contribution >= 4 is 132 Å². The number of carbonyl (C=O) groups is 1. The fraction of sp³-hybridized carbons (Fsp3) is 0. The monoisotopic (exact) mass is 357 g/mol. The Balaban J connectivity index is -0.0000000104. The Kier molecular flexibility index (Phi) is 77.9. The van der Waals surface area contributed by atoms with Crippen LogP contribution in [-0.2, 0) is 27.5 Å². The summed E-state index contributed by atoms with van der Waals surface area (Å²) in [5, 5.41) is 13.9. The zero-order valence-corrected chi connectivity index (χ0v) is 7.71. The molecule has 0 aromatic heterocycles. The number of carboxylic acid groups (broad SMARTS) is 2. The van der Waals surface area contributed by atoms with E-state index in [0.29, 0.717) is 0 Å². The molecule has 0 aliphatic rings. The average molecular weight is 358 g/mol. The third-order valence-corrected chi connectivity index (χ3v) is 0. The van der Waals surface area contributed by atoms with Crippen LogP contribution in [0.25, 0.3) is 0 Å². The van der Waals surface area contributed by atoms with Crippen molar-refractivity contribution < 1.29 is 55.1 Å². The molecule has 0 atom stereocenters. The zero-order valence-electron chi connectivity index (χ0n) is 5.13. The number of rotatable bonds is 0. The van der Waals surface area contributed by atoms with Crippen molar-refractivity contribution in [2.24, 2.45) is 0 Å². The fourth-order valence-corrected chi connectivity index (χ4v) is 0. The van der Waals surface area contributed by atoms with Crippen LogP contribution in [0.4, 0.5) is 4.79 Å². The molecule has 0 heterocycles. The van der Waals surface area contributed by atoms with E-state index in [1.54, 1.807) is 0 Å². The van der Waals surface area contributed by atoms with E-state index in [4.69, 9.17) is 32.5 Å². The maximum absolute atomic E-state index is 8.74. The SMILES string of the molecule is Cl.O.O=C(O)O.O=S(=O)(O)O.[Cu].[KH].[KH]. The van der Waals surface area contributed by atoms with Crippen LogP contribution in [-0.4, -0.2) is 142 Å². The van der Waals surface area contributed by atoms with Gasteiger partial charge in [0.15, 0.2) is 0 Å². The van der Waals surface area contributed by atoms with Crippen LogP contribution in [0.3, 0.4) is 0 Å². The van der Waals surface area contributed by atoms with Gasteiger partial charge in [-0.15, -0.1) is 12.4 Å². The van der Waals surface area contributed by atoms with Gasteiger partial charge >= 0.3 is 119 Å². The van der Waals surface area contributed by atoms with Gasteiger partial charge in [0.25, 0.3) is 0 Å². The molecule has 14 heavy (non-hydrogen) atoms. The second-order valence-corrected chi connectivity index (χ2v) is 1.63. The summed E-state index contributed by atoms with van der Waals surface area (Å²) in [6.07, 6.45) is -1.83. The normalized spacial score (nSPS) is 5.86. The quantitative estimate of drug-likeness (QED) is 0.284. The Morgan fingerprint density at radius 3 is 1.00 bits per heavy atom. The Hall–Kier alpha value is 3.18. The van der Waals surface area contributed by atoms with Crippen molar-refractivity contribution in [1.82, 2.24) is 0 Å². The van der Waals surface area contributed by atoms with E-state index >= 15 is 0 Å². The van der Waals surface area contributed by atoms with Gasteiger partial charge in [0.05, 0.1) is 0 Å². The van der Waals surface area contributed by atoms with Gasteiger partial charge in [0, 0.05) is 17.1 Å². The second-order valence-electron chi connectivity index (χ2n) is 0.730. The van der Waals surface area contributed by atoms with Gasteiger partial charge < -0.3 is 15.7 Å². The Labute approximate surface area is 182 Å². The van der Waals surface area contributed by atoms with Gasteiger partial charge in [0.1, 0.15) is 0 Å². The predicted molar refractivity (Wildman–Crippen MR) is 50.0 cm³/mol. The van der Waals surface area contributed by atoms with Crippen LogP contribution < -0.4 is 0 Å². The first-order valence-electron chi connectivity index (χ1n) is 1.35. The first-order valence-corrected chi connectivity index (χ1v) is 2.75. The summed E-state index contributed by atoms with van der Waals surface area (Å²) in [5.41, 5.74) is 0. The molecular formula is CH9ClCuK2O8S. The van der Waals surface area contributed by atoms with Gasteiger partial charge in [-0.25, -0.2) is 4.79 Å². The molecule has 6 N–H and O–H groups in total. The zero-order chi connectivity index (χ0) is 8.08. The molecule has 87 valence electrons. The van der Waals surface area contributed by atoms with Crippen molar-refractivity contribution in [3.05, 3.63) is 0 Å². The molecule has 0 aromatic rings. The average Bonchev–Trinajstić information content (AvgIpc) is 1.19. The Bertz CT molecular complexity index is 170. The van der Waals surface area contributed by atoms with Crippen LogP contribution in [0.2, 0.25) is 0 Å². The first kappa shape index (κ1) is 43.4. The van der Waals surface area contributed by atoms with Crippen molar-refractivity contribution in [3.8, 4) is 0 Å². The van der Waals surface area contributed by atoms with Crippen molar-refractivity contribution in [2.45, 2.75) is 0 Å². The Morgan fingerprint density at radius 2 is 1.00 bits per heavy atom. The van der Waals surface area contributed by atoms with Gasteiger partial charge in [-0.2, -0.15) is 8.42 Å². The molecule has 13 heteroatoms. The summed E-state index contributed by atoms with van der Waals surface area (Å²) in [7, 11) is -4.67. The molecule has 0 unspecified atom stereocenters. The molecule has 0 amide bonds. The molecule has 0 aliphatic carbocycles. The molecule has 0 saturated heterocycles. The molecule has 0 aromatic carbocycles. The third kappa shape index (κ3) is 302. The molecule has 0 rings (SSSR count). The minimum atomic E-state index is -4.67. The van der Waals surface area contributed by atoms with Crippen LogP contribution in [0, 0.1) is 0 Å². The van der Waals surface area contributed by atoms with E-state index in [0.717, 1.165) is 0 Å². The van der Waals surface area contributed by atoms with Crippen LogP contribution >= 0.6 is 12.4 Å². The van der Waals surface area contributed by atoms with Gasteiger partial charge in [-0.05, 0) is 0 Å². The van der Waals surface area contributed by atoms with Crippen LogP contribution in [0.1, 0.15) is 0 Å². The number of hydrogen-bond donors (Lipinski definition) is 4. The summed E-state index contributed by atoms with van der Waals surface area (Å²) in [4.78, 5) is 8.56. The molecule has 0 saturated carbocycles. The molecule has 1 radical (unpaired) electrons. The minimum absolute atomic E-state index is 0.